The predicted molar refractivity (Wildman–Crippen MR) is 63.9 cm³/mol. The number of hydrogen-bond acceptors (Lipinski definition) is 4. The number of hydrogen-bond donors (Lipinski definition) is 1. The number of carbonyl (C=O) groups excluding carboxylic acids is 3. The van der Waals surface area contributed by atoms with Gasteiger partial charge in [0.15, 0.2) is 0 Å². The van der Waals surface area contributed by atoms with Crippen LogP contribution in [-0.2, 0) is 16.0 Å². The molecule has 1 N–H and O–H groups in total. The average Bonchev–Trinajstić information content (AvgIpc) is 3.01. The summed E-state index contributed by atoms with van der Waals surface area (Å²) in [6.07, 6.45) is 3.03. The standard InChI is InChI=1S/C13H14N2O4/c1-8(7-9-3-2-6-19-9)15-11(17)13(4-5-13)10(16)14-12(15)18/h2-3,6,8H,4-5,7H2,1H3,(H,14,16,18). The Kier molecular flexibility index (Phi) is 2.48. The predicted octanol–water partition coefficient (Wildman–Crippen LogP) is 1.07. The van der Waals surface area contributed by atoms with Crippen LogP contribution < -0.4 is 5.32 Å². The topological polar surface area (TPSA) is 79.6 Å². The lowest BCUT2D eigenvalue weighted by molar-refractivity contribution is -0.145. The summed E-state index contributed by atoms with van der Waals surface area (Å²) in [5, 5.41) is 2.27. The monoisotopic (exact) mass is 262 g/mol. The summed E-state index contributed by atoms with van der Waals surface area (Å²) in [6, 6.07) is 2.57. The molecule has 0 bridgehead atoms. The summed E-state index contributed by atoms with van der Waals surface area (Å²) in [6.45, 7) is 1.77. The normalized spacial score (nSPS) is 22.6. The van der Waals surface area contributed by atoms with E-state index in [4.69, 9.17) is 4.42 Å². The quantitative estimate of drug-likeness (QED) is 0.826. The molecule has 100 valence electrons. The lowest BCUT2D eigenvalue weighted by atomic mass is 10.00. The van der Waals surface area contributed by atoms with E-state index in [-0.39, 0.29) is 11.9 Å². The highest BCUT2D eigenvalue weighted by molar-refractivity contribution is 6.21. The van der Waals surface area contributed by atoms with Crippen molar-refractivity contribution in [2.75, 3.05) is 0 Å². The molecule has 0 aromatic carbocycles. The Bertz CT molecular complexity index is 545. The Morgan fingerprint density at radius 3 is 2.74 bits per heavy atom. The molecule has 2 heterocycles. The van der Waals surface area contributed by atoms with E-state index in [1.807, 2.05) is 0 Å². The van der Waals surface area contributed by atoms with Gasteiger partial charge in [-0.1, -0.05) is 0 Å². The first-order valence-corrected chi connectivity index (χ1v) is 6.26. The van der Waals surface area contributed by atoms with Crippen LogP contribution in [0, 0.1) is 5.41 Å². The molecule has 3 rings (SSSR count). The van der Waals surface area contributed by atoms with Crippen LogP contribution in [0.3, 0.4) is 0 Å². The van der Waals surface area contributed by atoms with Crippen LogP contribution in [-0.4, -0.2) is 28.8 Å². The minimum absolute atomic E-state index is 0.343. The van der Waals surface area contributed by atoms with Crippen LogP contribution in [0.5, 0.6) is 0 Å². The van der Waals surface area contributed by atoms with Crippen molar-refractivity contribution in [3.63, 3.8) is 0 Å². The molecule has 6 heteroatoms. The van der Waals surface area contributed by atoms with Gasteiger partial charge in [0, 0.05) is 12.5 Å². The van der Waals surface area contributed by atoms with Crippen molar-refractivity contribution in [2.45, 2.75) is 32.2 Å². The SMILES string of the molecule is CC(Cc1ccco1)N1C(=O)NC(=O)C2(CC2)C1=O. The van der Waals surface area contributed by atoms with Crippen molar-refractivity contribution in [1.29, 1.82) is 0 Å². The number of amides is 4. The third-order valence-corrected chi connectivity index (χ3v) is 3.77. The van der Waals surface area contributed by atoms with E-state index in [0.717, 1.165) is 4.90 Å². The Morgan fingerprint density at radius 1 is 1.42 bits per heavy atom. The van der Waals surface area contributed by atoms with Gasteiger partial charge in [-0.25, -0.2) is 4.79 Å². The van der Waals surface area contributed by atoms with Crippen molar-refractivity contribution in [3.8, 4) is 0 Å². The van der Waals surface area contributed by atoms with Gasteiger partial charge in [0.05, 0.1) is 6.26 Å². The molecule has 2 aliphatic rings. The van der Waals surface area contributed by atoms with Gasteiger partial charge >= 0.3 is 6.03 Å². The summed E-state index contributed by atoms with van der Waals surface area (Å²) in [4.78, 5) is 37.0. The van der Waals surface area contributed by atoms with Crippen LogP contribution in [0.4, 0.5) is 4.79 Å². The van der Waals surface area contributed by atoms with E-state index >= 15 is 0 Å². The van der Waals surface area contributed by atoms with Crippen molar-refractivity contribution in [1.82, 2.24) is 10.2 Å². The third kappa shape index (κ3) is 1.75. The van der Waals surface area contributed by atoms with Crippen molar-refractivity contribution < 1.29 is 18.8 Å². The van der Waals surface area contributed by atoms with Crippen LogP contribution in [0.1, 0.15) is 25.5 Å². The number of urea groups is 1. The maximum Gasteiger partial charge on any atom is 0.331 e. The van der Waals surface area contributed by atoms with Gasteiger partial charge in [-0.15, -0.1) is 0 Å². The highest BCUT2D eigenvalue weighted by Crippen LogP contribution is 2.49. The average molecular weight is 262 g/mol. The molecule has 2 fully saturated rings. The molecule has 19 heavy (non-hydrogen) atoms. The molecule has 0 radical (unpaired) electrons. The molecular weight excluding hydrogens is 248 g/mol. The third-order valence-electron chi connectivity index (χ3n) is 3.77. The fourth-order valence-electron chi connectivity index (χ4n) is 2.47. The Labute approximate surface area is 109 Å². The molecule has 1 atom stereocenters. The van der Waals surface area contributed by atoms with Crippen LogP contribution in [0.15, 0.2) is 22.8 Å². The van der Waals surface area contributed by atoms with Crippen molar-refractivity contribution >= 4 is 17.8 Å². The minimum Gasteiger partial charge on any atom is -0.469 e. The highest BCUT2D eigenvalue weighted by Gasteiger charge is 2.62. The van der Waals surface area contributed by atoms with E-state index in [2.05, 4.69) is 5.32 Å². The first-order valence-electron chi connectivity index (χ1n) is 6.26. The second-order valence-electron chi connectivity index (χ2n) is 5.15. The number of nitrogens with one attached hydrogen (secondary N) is 1. The maximum absolute atomic E-state index is 12.3. The molecule has 1 saturated heterocycles. The largest absolute Gasteiger partial charge is 0.469 e. The van der Waals surface area contributed by atoms with Crippen molar-refractivity contribution in [2.24, 2.45) is 5.41 Å². The van der Waals surface area contributed by atoms with Gasteiger partial charge in [0.2, 0.25) is 11.8 Å². The van der Waals surface area contributed by atoms with E-state index in [1.54, 1.807) is 25.3 Å². The number of nitrogens with zero attached hydrogens (tertiary/aromatic N) is 1. The second-order valence-corrected chi connectivity index (χ2v) is 5.15. The molecule has 1 aliphatic heterocycles. The molecule has 1 aromatic heterocycles. The van der Waals surface area contributed by atoms with Gasteiger partial charge in [-0.05, 0) is 31.9 Å². The number of barbiturate groups is 1. The Hall–Kier alpha value is -2.11. The number of furan rings is 1. The van der Waals surface area contributed by atoms with E-state index in [1.165, 1.54) is 0 Å². The van der Waals surface area contributed by atoms with E-state index in [9.17, 15) is 14.4 Å². The molecule has 1 unspecified atom stereocenters. The number of carbonyl (C=O) groups is 3. The lowest BCUT2D eigenvalue weighted by Crippen LogP contribution is -2.61. The number of imide groups is 2. The molecule has 6 nitrogen and oxygen atoms in total. The summed E-state index contributed by atoms with van der Waals surface area (Å²) >= 11 is 0. The molecule has 1 spiro atoms. The first-order chi connectivity index (χ1) is 9.04. The molecule has 4 amide bonds. The molecule has 1 saturated carbocycles. The fourth-order valence-corrected chi connectivity index (χ4v) is 2.47. The second kappa shape index (κ2) is 3.94. The smallest absolute Gasteiger partial charge is 0.331 e. The van der Waals surface area contributed by atoms with Crippen LogP contribution in [0.2, 0.25) is 0 Å². The van der Waals surface area contributed by atoms with Crippen LogP contribution in [0.25, 0.3) is 0 Å². The van der Waals surface area contributed by atoms with E-state index in [0.29, 0.717) is 25.0 Å². The summed E-state index contributed by atoms with van der Waals surface area (Å²) in [7, 11) is 0. The summed E-state index contributed by atoms with van der Waals surface area (Å²) in [5.74, 6) is -0.126. The van der Waals surface area contributed by atoms with E-state index < -0.39 is 17.4 Å². The zero-order valence-corrected chi connectivity index (χ0v) is 10.5. The van der Waals surface area contributed by atoms with Crippen LogP contribution >= 0.6 is 0 Å². The fraction of sp³-hybridized carbons (Fsp3) is 0.462. The van der Waals surface area contributed by atoms with Gasteiger partial charge in [-0.3, -0.25) is 19.8 Å². The minimum atomic E-state index is -0.981. The summed E-state index contributed by atoms with van der Waals surface area (Å²) < 4.78 is 5.22. The lowest BCUT2D eigenvalue weighted by Gasteiger charge is -2.34. The molecule has 1 aromatic rings. The summed E-state index contributed by atoms with van der Waals surface area (Å²) in [5.41, 5.74) is -0.981. The highest BCUT2D eigenvalue weighted by atomic mass is 16.3. The zero-order chi connectivity index (χ0) is 13.6. The van der Waals surface area contributed by atoms with Gasteiger partial charge in [0.1, 0.15) is 11.2 Å². The van der Waals surface area contributed by atoms with Crippen molar-refractivity contribution in [3.05, 3.63) is 24.2 Å². The first kappa shape index (κ1) is 12.0. The molecular formula is C13H14N2O4. The van der Waals surface area contributed by atoms with Gasteiger partial charge in [0.25, 0.3) is 0 Å². The molecule has 1 aliphatic carbocycles. The van der Waals surface area contributed by atoms with Gasteiger partial charge < -0.3 is 4.42 Å². The van der Waals surface area contributed by atoms with Gasteiger partial charge in [-0.2, -0.15) is 0 Å². The maximum atomic E-state index is 12.3. The Morgan fingerprint density at radius 2 is 2.16 bits per heavy atom. The Balaban J connectivity index is 1.81. The number of rotatable bonds is 3. The zero-order valence-electron chi connectivity index (χ0n) is 10.5.